The summed E-state index contributed by atoms with van der Waals surface area (Å²) in [5, 5.41) is 3.45. The van der Waals surface area contributed by atoms with E-state index >= 15 is 0 Å². The van der Waals surface area contributed by atoms with Gasteiger partial charge in [-0.1, -0.05) is 35.0 Å². The first-order chi connectivity index (χ1) is 8.69. The van der Waals surface area contributed by atoms with E-state index in [4.69, 9.17) is 0 Å². The lowest BCUT2D eigenvalue weighted by atomic mass is 10.0. The fourth-order valence-electron chi connectivity index (χ4n) is 1.86. The highest BCUT2D eigenvalue weighted by Crippen LogP contribution is 2.23. The van der Waals surface area contributed by atoms with E-state index < -0.39 is 0 Å². The summed E-state index contributed by atoms with van der Waals surface area (Å²) < 4.78 is 14.0. The summed E-state index contributed by atoms with van der Waals surface area (Å²) in [7, 11) is 0. The molecule has 0 aliphatic rings. The Balaban J connectivity index is 2.14. The van der Waals surface area contributed by atoms with Gasteiger partial charge in [-0.2, -0.15) is 0 Å². The minimum Gasteiger partial charge on any atom is -0.378 e. The quantitative estimate of drug-likeness (QED) is 0.823. The Labute approximate surface area is 115 Å². The summed E-state index contributed by atoms with van der Waals surface area (Å²) in [6.07, 6.45) is 0.946. The third-order valence-electron chi connectivity index (χ3n) is 2.87. The first-order valence-electron chi connectivity index (χ1n) is 5.96. The molecule has 0 fully saturated rings. The molecule has 1 N–H and O–H groups in total. The molecule has 2 aromatic rings. The van der Waals surface area contributed by atoms with Gasteiger partial charge in [-0.3, -0.25) is 0 Å². The summed E-state index contributed by atoms with van der Waals surface area (Å²) >= 11 is 3.41. The predicted octanol–water partition coefficient (Wildman–Crippen LogP) is 5.15. The van der Waals surface area contributed by atoms with Crippen LogP contribution in [-0.2, 0) is 0 Å². The summed E-state index contributed by atoms with van der Waals surface area (Å²) in [4.78, 5) is 0. The molecule has 0 saturated heterocycles. The van der Waals surface area contributed by atoms with Gasteiger partial charge >= 0.3 is 0 Å². The van der Waals surface area contributed by atoms with Gasteiger partial charge in [0.1, 0.15) is 5.82 Å². The van der Waals surface area contributed by atoms with Crippen LogP contribution in [0.1, 0.15) is 24.9 Å². The smallest absolute Gasteiger partial charge is 0.123 e. The first kappa shape index (κ1) is 13.1. The number of hydrogen-bond donors (Lipinski definition) is 1. The molecule has 0 heterocycles. The Kier molecular flexibility index (Phi) is 4.37. The highest BCUT2D eigenvalue weighted by Gasteiger charge is 2.08. The molecule has 1 nitrogen and oxygen atoms in total. The van der Waals surface area contributed by atoms with Crippen LogP contribution < -0.4 is 5.32 Å². The van der Waals surface area contributed by atoms with E-state index in [1.165, 1.54) is 12.1 Å². The maximum absolute atomic E-state index is 12.9. The molecular weight excluding hydrogens is 293 g/mol. The zero-order valence-corrected chi connectivity index (χ0v) is 11.7. The molecule has 0 radical (unpaired) electrons. The third kappa shape index (κ3) is 3.33. The zero-order chi connectivity index (χ0) is 13.0. The zero-order valence-electron chi connectivity index (χ0n) is 10.2. The molecule has 0 bridgehead atoms. The van der Waals surface area contributed by atoms with Crippen molar-refractivity contribution in [2.75, 3.05) is 5.32 Å². The van der Waals surface area contributed by atoms with E-state index in [0.717, 1.165) is 22.1 Å². The predicted molar refractivity (Wildman–Crippen MR) is 77.2 cm³/mol. The lowest BCUT2D eigenvalue weighted by Gasteiger charge is -2.18. The maximum atomic E-state index is 12.9. The molecule has 0 aliphatic heterocycles. The van der Waals surface area contributed by atoms with Gasteiger partial charge in [0.15, 0.2) is 0 Å². The van der Waals surface area contributed by atoms with Crippen LogP contribution in [0.2, 0.25) is 0 Å². The number of hydrogen-bond acceptors (Lipinski definition) is 1. The molecule has 0 saturated carbocycles. The number of anilines is 1. The van der Waals surface area contributed by atoms with E-state index in [0.29, 0.717) is 0 Å². The van der Waals surface area contributed by atoms with Crippen LogP contribution >= 0.6 is 15.9 Å². The first-order valence-corrected chi connectivity index (χ1v) is 6.76. The van der Waals surface area contributed by atoms with Gasteiger partial charge < -0.3 is 5.32 Å². The second-order valence-electron chi connectivity index (χ2n) is 4.16. The van der Waals surface area contributed by atoms with Crippen LogP contribution in [0.25, 0.3) is 0 Å². The average molecular weight is 308 g/mol. The number of halogens is 2. The molecule has 1 atom stereocenters. The molecule has 0 aromatic heterocycles. The molecule has 2 rings (SSSR count). The molecule has 0 amide bonds. The van der Waals surface area contributed by atoms with Gasteiger partial charge in [0, 0.05) is 10.2 Å². The van der Waals surface area contributed by atoms with E-state index in [9.17, 15) is 4.39 Å². The number of nitrogens with one attached hydrogen (secondary N) is 1. The van der Waals surface area contributed by atoms with Crippen molar-refractivity contribution in [1.29, 1.82) is 0 Å². The van der Waals surface area contributed by atoms with Crippen LogP contribution in [0.5, 0.6) is 0 Å². The highest BCUT2D eigenvalue weighted by atomic mass is 79.9. The Hall–Kier alpha value is -1.35. The normalized spacial score (nSPS) is 12.2. The molecular formula is C15H15BrFN. The fraction of sp³-hybridized carbons (Fsp3) is 0.200. The number of benzene rings is 2. The molecule has 0 aliphatic carbocycles. The standard InChI is InChI=1S/C15H15BrFN/c1-2-15(11-3-7-13(17)8-4-11)18-14-9-5-12(16)6-10-14/h3-10,15,18H,2H2,1H3. The van der Waals surface area contributed by atoms with Gasteiger partial charge in [0.2, 0.25) is 0 Å². The Bertz CT molecular complexity index is 493. The lowest BCUT2D eigenvalue weighted by molar-refractivity contribution is 0.625. The Morgan fingerprint density at radius 2 is 1.67 bits per heavy atom. The molecule has 18 heavy (non-hydrogen) atoms. The molecule has 3 heteroatoms. The van der Waals surface area contributed by atoms with Crippen LogP contribution in [0.3, 0.4) is 0 Å². The minimum atomic E-state index is -0.197. The van der Waals surface area contributed by atoms with Crippen molar-refractivity contribution in [3.05, 3.63) is 64.4 Å². The highest BCUT2D eigenvalue weighted by molar-refractivity contribution is 9.10. The van der Waals surface area contributed by atoms with Crippen molar-refractivity contribution in [3.8, 4) is 0 Å². The van der Waals surface area contributed by atoms with Crippen LogP contribution in [0.15, 0.2) is 53.0 Å². The lowest BCUT2D eigenvalue weighted by Crippen LogP contribution is -2.09. The van der Waals surface area contributed by atoms with E-state index in [-0.39, 0.29) is 11.9 Å². The van der Waals surface area contributed by atoms with Crippen molar-refractivity contribution in [2.24, 2.45) is 0 Å². The van der Waals surface area contributed by atoms with Crippen molar-refractivity contribution in [1.82, 2.24) is 0 Å². The molecule has 2 aromatic carbocycles. The summed E-state index contributed by atoms with van der Waals surface area (Å²) in [5.41, 5.74) is 2.16. The van der Waals surface area contributed by atoms with Gasteiger partial charge in [0.05, 0.1) is 6.04 Å². The van der Waals surface area contributed by atoms with E-state index in [2.05, 4.69) is 28.2 Å². The van der Waals surface area contributed by atoms with Crippen molar-refractivity contribution < 1.29 is 4.39 Å². The SMILES string of the molecule is CCC(Nc1ccc(Br)cc1)c1ccc(F)cc1. The monoisotopic (exact) mass is 307 g/mol. The third-order valence-corrected chi connectivity index (χ3v) is 3.39. The van der Waals surface area contributed by atoms with Gasteiger partial charge in [-0.25, -0.2) is 4.39 Å². The van der Waals surface area contributed by atoms with Crippen molar-refractivity contribution >= 4 is 21.6 Å². The molecule has 94 valence electrons. The van der Waals surface area contributed by atoms with Crippen LogP contribution in [-0.4, -0.2) is 0 Å². The molecule has 0 spiro atoms. The van der Waals surface area contributed by atoms with Gasteiger partial charge in [-0.15, -0.1) is 0 Å². The second-order valence-corrected chi connectivity index (χ2v) is 5.08. The van der Waals surface area contributed by atoms with Gasteiger partial charge in [0.25, 0.3) is 0 Å². The Morgan fingerprint density at radius 3 is 2.22 bits per heavy atom. The summed E-state index contributed by atoms with van der Waals surface area (Å²) in [6.45, 7) is 2.11. The maximum Gasteiger partial charge on any atom is 0.123 e. The summed E-state index contributed by atoms with van der Waals surface area (Å²) in [6, 6.07) is 14.9. The largest absolute Gasteiger partial charge is 0.378 e. The fourth-order valence-corrected chi connectivity index (χ4v) is 2.13. The van der Waals surface area contributed by atoms with Crippen molar-refractivity contribution in [3.63, 3.8) is 0 Å². The second kappa shape index (κ2) is 6.01. The summed E-state index contributed by atoms with van der Waals surface area (Å²) in [5.74, 6) is -0.197. The minimum absolute atomic E-state index is 0.197. The van der Waals surface area contributed by atoms with E-state index in [1.54, 1.807) is 0 Å². The topological polar surface area (TPSA) is 12.0 Å². The van der Waals surface area contributed by atoms with Crippen molar-refractivity contribution in [2.45, 2.75) is 19.4 Å². The van der Waals surface area contributed by atoms with Crippen LogP contribution in [0, 0.1) is 5.82 Å². The Morgan fingerprint density at radius 1 is 1.06 bits per heavy atom. The average Bonchev–Trinajstić information content (AvgIpc) is 2.39. The van der Waals surface area contributed by atoms with Crippen LogP contribution in [0.4, 0.5) is 10.1 Å². The number of rotatable bonds is 4. The van der Waals surface area contributed by atoms with Gasteiger partial charge in [-0.05, 0) is 48.4 Å². The van der Waals surface area contributed by atoms with E-state index in [1.807, 2.05) is 36.4 Å². The molecule has 1 unspecified atom stereocenters.